The Hall–Kier alpha value is -6.64. The van der Waals surface area contributed by atoms with E-state index >= 15 is 0 Å². The van der Waals surface area contributed by atoms with Gasteiger partial charge in [0.25, 0.3) is 0 Å². The molecular formula is C43H41NO13. The highest BCUT2D eigenvalue weighted by Crippen LogP contribution is 2.32. The van der Waals surface area contributed by atoms with Gasteiger partial charge < -0.3 is 38.5 Å². The third-order valence-electron chi connectivity index (χ3n) is 8.51. The minimum Gasteiger partial charge on any atom is -0.460 e. The lowest BCUT2D eigenvalue weighted by Gasteiger charge is -2.45. The third-order valence-corrected chi connectivity index (χ3v) is 8.51. The Kier molecular flexibility index (Phi) is 14.4. The summed E-state index contributed by atoms with van der Waals surface area (Å²) in [6.07, 6.45) is -6.86. The van der Waals surface area contributed by atoms with Crippen LogP contribution in [0, 0.1) is 0 Å². The molecule has 296 valence electrons. The van der Waals surface area contributed by atoms with Gasteiger partial charge in [0, 0.05) is 6.92 Å². The topological polar surface area (TPSA) is 179 Å². The van der Waals surface area contributed by atoms with E-state index in [1.807, 2.05) is 0 Å². The highest BCUT2D eigenvalue weighted by atomic mass is 16.7. The van der Waals surface area contributed by atoms with Gasteiger partial charge in [-0.25, -0.2) is 24.0 Å². The molecule has 14 nitrogen and oxygen atoms in total. The molecule has 0 spiro atoms. The lowest BCUT2D eigenvalue weighted by Crippen LogP contribution is -2.64. The van der Waals surface area contributed by atoms with Gasteiger partial charge in [0.1, 0.15) is 19.3 Å². The van der Waals surface area contributed by atoms with Crippen LogP contribution in [0.25, 0.3) is 0 Å². The van der Waals surface area contributed by atoms with Crippen LogP contribution < -0.4 is 5.32 Å². The highest BCUT2D eigenvalue weighted by Gasteiger charge is 2.54. The quantitative estimate of drug-likeness (QED) is 0.0925. The fourth-order valence-electron chi connectivity index (χ4n) is 5.74. The van der Waals surface area contributed by atoms with Crippen LogP contribution in [0.15, 0.2) is 134 Å². The Bertz CT molecular complexity index is 2010. The first-order valence-corrected chi connectivity index (χ1v) is 17.8. The van der Waals surface area contributed by atoms with Gasteiger partial charge in [0.15, 0.2) is 30.1 Å². The lowest BCUT2D eigenvalue weighted by atomic mass is 9.97. The van der Waals surface area contributed by atoms with Crippen LogP contribution in [-0.2, 0) is 42.7 Å². The van der Waals surface area contributed by atoms with E-state index in [4.69, 9.17) is 33.2 Å². The van der Waals surface area contributed by atoms with Crippen LogP contribution in [0.3, 0.4) is 0 Å². The van der Waals surface area contributed by atoms with Crippen LogP contribution in [0.5, 0.6) is 0 Å². The molecule has 0 saturated carbocycles. The second-order valence-corrected chi connectivity index (χ2v) is 12.9. The summed E-state index contributed by atoms with van der Waals surface area (Å²) in [5.74, 6) is -4.96. The maximum atomic E-state index is 13.8. The maximum absolute atomic E-state index is 13.8. The molecule has 0 radical (unpaired) electrons. The zero-order chi connectivity index (χ0) is 40.8. The van der Waals surface area contributed by atoms with Crippen molar-refractivity contribution in [2.75, 3.05) is 19.8 Å². The first kappa shape index (κ1) is 41.5. The van der Waals surface area contributed by atoms with E-state index in [0.29, 0.717) is 0 Å². The molecule has 0 aromatic heterocycles. The van der Waals surface area contributed by atoms with Crippen molar-refractivity contribution < 1.29 is 61.9 Å². The molecule has 1 saturated heterocycles. The van der Waals surface area contributed by atoms with E-state index in [2.05, 4.69) is 11.9 Å². The van der Waals surface area contributed by atoms with Crippen LogP contribution in [0.1, 0.15) is 55.3 Å². The fraction of sp³-hybridized carbons (Fsp3) is 0.256. The summed E-state index contributed by atoms with van der Waals surface area (Å²) < 4.78 is 41.4. The molecule has 5 rings (SSSR count). The normalized spacial score (nSPS) is 19.7. The molecule has 1 aliphatic heterocycles. The van der Waals surface area contributed by atoms with Gasteiger partial charge in [-0.3, -0.25) is 4.79 Å². The molecule has 1 fully saturated rings. The molecule has 1 aliphatic rings. The fourth-order valence-corrected chi connectivity index (χ4v) is 5.74. The molecule has 0 bridgehead atoms. The van der Waals surface area contributed by atoms with Crippen LogP contribution in [0.4, 0.5) is 0 Å². The Morgan fingerprint density at radius 3 is 1.49 bits per heavy atom. The summed E-state index contributed by atoms with van der Waals surface area (Å²) >= 11 is 0. The van der Waals surface area contributed by atoms with Crippen molar-refractivity contribution in [3.05, 3.63) is 156 Å². The first-order valence-electron chi connectivity index (χ1n) is 17.8. The smallest absolute Gasteiger partial charge is 0.338 e. The Labute approximate surface area is 328 Å². The number of ether oxygens (including phenoxy) is 7. The lowest BCUT2D eigenvalue weighted by molar-refractivity contribution is -0.301. The van der Waals surface area contributed by atoms with E-state index in [-0.39, 0.29) is 28.9 Å². The molecule has 6 atom stereocenters. The Morgan fingerprint density at radius 1 is 0.632 bits per heavy atom. The van der Waals surface area contributed by atoms with Crippen molar-refractivity contribution in [2.24, 2.45) is 0 Å². The predicted octanol–water partition coefficient (Wildman–Crippen LogP) is 4.89. The van der Waals surface area contributed by atoms with E-state index in [1.165, 1.54) is 68.5 Å². The van der Waals surface area contributed by atoms with Crippen molar-refractivity contribution in [2.45, 2.75) is 50.1 Å². The second-order valence-electron chi connectivity index (χ2n) is 12.9. The molecule has 1 amide bonds. The minimum absolute atomic E-state index is 0.0946. The molecule has 57 heavy (non-hydrogen) atoms. The number of amides is 1. The van der Waals surface area contributed by atoms with Crippen LogP contribution in [-0.4, -0.2) is 91.8 Å². The number of esters is 5. The predicted molar refractivity (Wildman–Crippen MR) is 202 cm³/mol. The number of benzene rings is 4. The molecule has 4 aromatic rings. The van der Waals surface area contributed by atoms with Crippen LogP contribution >= 0.6 is 0 Å². The van der Waals surface area contributed by atoms with Gasteiger partial charge in [-0.15, -0.1) is 0 Å². The SMILES string of the molecule is C=CCOC(=O)[C@](C)(CO[C@@H]1O[C@H](COC(=O)c2ccccc2)[C@@H](OC(=O)c2ccccc2)[C@H](OC(=O)c2ccccc2)[C@H]1OC(=O)c1ccccc1)NC(C)=O. The number of nitrogens with one attached hydrogen (secondary N) is 1. The average molecular weight is 780 g/mol. The monoisotopic (exact) mass is 779 g/mol. The van der Waals surface area contributed by atoms with E-state index in [9.17, 15) is 28.8 Å². The first-order chi connectivity index (χ1) is 27.5. The summed E-state index contributed by atoms with van der Waals surface area (Å²) in [4.78, 5) is 80.0. The minimum atomic E-state index is -1.84. The summed E-state index contributed by atoms with van der Waals surface area (Å²) in [6, 6.07) is 31.7. The van der Waals surface area contributed by atoms with Crippen LogP contribution in [0.2, 0.25) is 0 Å². The van der Waals surface area contributed by atoms with E-state index < -0.39 is 85.2 Å². The number of rotatable bonds is 16. The molecular weight excluding hydrogens is 738 g/mol. The molecule has 14 heteroatoms. The van der Waals surface area contributed by atoms with E-state index in [0.717, 1.165) is 0 Å². The van der Waals surface area contributed by atoms with Crippen molar-refractivity contribution in [3.8, 4) is 0 Å². The summed E-state index contributed by atoms with van der Waals surface area (Å²) in [5, 5.41) is 2.51. The Morgan fingerprint density at radius 2 is 1.05 bits per heavy atom. The number of carbonyl (C=O) groups is 6. The largest absolute Gasteiger partial charge is 0.460 e. The average Bonchev–Trinajstić information content (AvgIpc) is 3.23. The van der Waals surface area contributed by atoms with Gasteiger partial charge in [-0.2, -0.15) is 0 Å². The summed E-state index contributed by atoms with van der Waals surface area (Å²) in [7, 11) is 0. The zero-order valence-corrected chi connectivity index (χ0v) is 31.1. The van der Waals surface area contributed by atoms with Gasteiger partial charge in [-0.05, 0) is 55.5 Å². The molecule has 1 heterocycles. The number of carbonyl (C=O) groups excluding carboxylic acids is 6. The maximum Gasteiger partial charge on any atom is 0.338 e. The summed E-state index contributed by atoms with van der Waals surface area (Å²) in [5.41, 5.74) is -1.33. The van der Waals surface area contributed by atoms with Crippen molar-refractivity contribution in [1.29, 1.82) is 0 Å². The van der Waals surface area contributed by atoms with Gasteiger partial charge in [0.2, 0.25) is 5.91 Å². The zero-order valence-electron chi connectivity index (χ0n) is 31.1. The number of hydrogen-bond donors (Lipinski definition) is 1. The second kappa shape index (κ2) is 19.8. The van der Waals surface area contributed by atoms with Crippen molar-refractivity contribution in [3.63, 3.8) is 0 Å². The molecule has 1 N–H and O–H groups in total. The molecule has 0 unspecified atom stereocenters. The third kappa shape index (κ3) is 11.2. The standard InChI is InChI=1S/C43H41NO13/c1-4-25-51-42(50)43(3,44-28(2)45)27-53-41-36(57-40(49)32-23-15-8-16-24-32)35(56-39(48)31-21-13-7-14-22-31)34(55-38(47)30-19-11-6-12-20-30)33(54-41)26-52-37(46)29-17-9-5-10-18-29/h4-24,33-36,41H,1,25-27H2,2-3H3,(H,44,45)/t33-,34-,35+,36-,41-,43+/m1/s1. The van der Waals surface area contributed by atoms with Gasteiger partial charge in [-0.1, -0.05) is 85.5 Å². The number of hydrogen-bond acceptors (Lipinski definition) is 13. The highest BCUT2D eigenvalue weighted by molar-refractivity contribution is 5.92. The van der Waals surface area contributed by atoms with E-state index in [1.54, 1.807) is 72.8 Å². The van der Waals surface area contributed by atoms with Gasteiger partial charge in [0.05, 0.1) is 28.9 Å². The van der Waals surface area contributed by atoms with Crippen molar-refractivity contribution in [1.82, 2.24) is 5.32 Å². The Balaban J connectivity index is 1.59. The van der Waals surface area contributed by atoms with Gasteiger partial charge >= 0.3 is 29.8 Å². The summed E-state index contributed by atoms with van der Waals surface area (Å²) in [6.45, 7) is 4.63. The molecule has 0 aliphatic carbocycles. The molecule has 4 aromatic carbocycles. The van der Waals surface area contributed by atoms with Crippen molar-refractivity contribution >= 4 is 35.8 Å².